The minimum Gasteiger partial charge on any atom is -0.398 e. The molecule has 1 saturated heterocycles. The van der Waals surface area contributed by atoms with Gasteiger partial charge in [-0.1, -0.05) is 0 Å². The number of hydrogen-bond acceptors (Lipinski definition) is 4. The molecular formula is C9H13N3O. The molecular weight excluding hydrogens is 166 g/mol. The van der Waals surface area contributed by atoms with E-state index in [2.05, 4.69) is 10.3 Å². The quantitative estimate of drug-likeness (QED) is 0.554. The van der Waals surface area contributed by atoms with Gasteiger partial charge in [-0.15, -0.1) is 0 Å². The number of pyridine rings is 1. The monoisotopic (exact) mass is 179 g/mol. The Hall–Kier alpha value is -1.13. The third-order valence-corrected chi connectivity index (χ3v) is 2.47. The molecule has 1 aliphatic rings. The van der Waals surface area contributed by atoms with Crippen LogP contribution in [0.15, 0.2) is 18.5 Å². The Morgan fingerprint density at radius 3 is 3.00 bits per heavy atom. The molecule has 0 saturated carbocycles. The van der Waals surface area contributed by atoms with Crippen molar-refractivity contribution in [3.8, 4) is 0 Å². The molecule has 0 aliphatic carbocycles. The first-order valence-corrected chi connectivity index (χ1v) is 4.37. The van der Waals surface area contributed by atoms with Gasteiger partial charge in [0.1, 0.15) is 0 Å². The van der Waals surface area contributed by atoms with Crippen LogP contribution in [0.4, 0.5) is 5.69 Å². The zero-order chi connectivity index (χ0) is 9.26. The summed E-state index contributed by atoms with van der Waals surface area (Å²) in [6.07, 6.45) is 3.05. The summed E-state index contributed by atoms with van der Waals surface area (Å²) in [6, 6.07) is 1.76. The number of aliphatic hydroxyl groups excluding tert-OH is 1. The normalized spacial score (nSPS) is 27.8. The lowest BCUT2D eigenvalue weighted by Crippen LogP contribution is -2.17. The van der Waals surface area contributed by atoms with Crippen LogP contribution >= 0.6 is 0 Å². The van der Waals surface area contributed by atoms with Crippen molar-refractivity contribution in [2.75, 3.05) is 18.8 Å². The molecule has 2 atom stereocenters. The third-order valence-electron chi connectivity index (χ3n) is 2.47. The highest BCUT2D eigenvalue weighted by Crippen LogP contribution is 2.26. The van der Waals surface area contributed by atoms with Crippen LogP contribution in [0.2, 0.25) is 0 Å². The molecule has 0 aromatic carbocycles. The van der Waals surface area contributed by atoms with Gasteiger partial charge < -0.3 is 16.2 Å². The molecule has 70 valence electrons. The first kappa shape index (κ1) is 8.47. The van der Waals surface area contributed by atoms with Gasteiger partial charge in [-0.2, -0.15) is 0 Å². The van der Waals surface area contributed by atoms with Crippen molar-refractivity contribution in [3.05, 3.63) is 24.0 Å². The summed E-state index contributed by atoms with van der Waals surface area (Å²) >= 11 is 0. The molecule has 0 radical (unpaired) electrons. The van der Waals surface area contributed by atoms with Gasteiger partial charge in [0.15, 0.2) is 0 Å². The zero-order valence-electron chi connectivity index (χ0n) is 7.27. The molecule has 4 N–H and O–H groups in total. The minimum atomic E-state index is -0.341. The van der Waals surface area contributed by atoms with E-state index in [4.69, 9.17) is 5.73 Å². The van der Waals surface area contributed by atoms with E-state index in [1.54, 1.807) is 18.5 Å². The fourth-order valence-corrected chi connectivity index (χ4v) is 1.71. The second kappa shape index (κ2) is 3.32. The van der Waals surface area contributed by atoms with Gasteiger partial charge in [0.05, 0.1) is 6.10 Å². The van der Waals surface area contributed by atoms with Crippen LogP contribution in [0.3, 0.4) is 0 Å². The van der Waals surface area contributed by atoms with Crippen LogP contribution in [0, 0.1) is 0 Å². The highest BCUT2D eigenvalue weighted by Gasteiger charge is 2.27. The van der Waals surface area contributed by atoms with Gasteiger partial charge >= 0.3 is 0 Å². The number of nitrogens with zero attached hydrogens (tertiary/aromatic N) is 1. The Balaban J connectivity index is 2.29. The standard InChI is InChI=1S/C9H13N3O/c10-8-1-2-11-3-6(8)7-4-12-5-9(7)13/h1-3,7,9,12-13H,4-5H2,(H2,10,11)/t7-,9+/m0/s1. The number of hydrogen-bond donors (Lipinski definition) is 3. The number of nitrogen functional groups attached to an aromatic ring is 1. The summed E-state index contributed by atoms with van der Waals surface area (Å²) in [7, 11) is 0. The lowest BCUT2D eigenvalue weighted by atomic mass is 9.96. The van der Waals surface area contributed by atoms with Crippen molar-refractivity contribution in [2.24, 2.45) is 0 Å². The molecule has 4 nitrogen and oxygen atoms in total. The van der Waals surface area contributed by atoms with Crippen molar-refractivity contribution in [3.63, 3.8) is 0 Å². The second-order valence-electron chi connectivity index (χ2n) is 3.34. The van der Waals surface area contributed by atoms with Gasteiger partial charge in [0.25, 0.3) is 0 Å². The van der Waals surface area contributed by atoms with Crippen LogP contribution < -0.4 is 11.1 Å². The molecule has 0 unspecified atom stereocenters. The lowest BCUT2D eigenvalue weighted by Gasteiger charge is -2.14. The maximum atomic E-state index is 9.62. The summed E-state index contributed by atoms with van der Waals surface area (Å²) in [5, 5.41) is 12.7. The number of nitrogens with two attached hydrogens (primary N) is 1. The molecule has 0 bridgehead atoms. The molecule has 1 aromatic heterocycles. The van der Waals surface area contributed by atoms with Crippen LogP contribution in [0.1, 0.15) is 11.5 Å². The molecule has 1 aromatic rings. The number of aliphatic hydroxyl groups is 1. The van der Waals surface area contributed by atoms with Crippen LogP contribution in [0.25, 0.3) is 0 Å². The Bertz CT molecular complexity index is 303. The van der Waals surface area contributed by atoms with Crippen LogP contribution in [0.5, 0.6) is 0 Å². The van der Waals surface area contributed by atoms with E-state index in [1.165, 1.54) is 0 Å². The number of nitrogens with one attached hydrogen (secondary N) is 1. The molecule has 0 spiro atoms. The first-order chi connectivity index (χ1) is 6.29. The van der Waals surface area contributed by atoms with Crippen molar-refractivity contribution < 1.29 is 5.11 Å². The van der Waals surface area contributed by atoms with E-state index in [-0.39, 0.29) is 12.0 Å². The average Bonchev–Trinajstić information content (AvgIpc) is 2.52. The fourth-order valence-electron chi connectivity index (χ4n) is 1.71. The van der Waals surface area contributed by atoms with Gasteiger partial charge in [-0.3, -0.25) is 4.98 Å². The summed E-state index contributed by atoms with van der Waals surface area (Å²) in [4.78, 5) is 4.01. The molecule has 0 amide bonds. The molecule has 2 heterocycles. The van der Waals surface area contributed by atoms with E-state index < -0.39 is 0 Å². The molecule has 1 aliphatic heterocycles. The highest BCUT2D eigenvalue weighted by atomic mass is 16.3. The van der Waals surface area contributed by atoms with Gasteiger partial charge in [0, 0.05) is 42.7 Å². The zero-order valence-corrected chi connectivity index (χ0v) is 7.27. The topological polar surface area (TPSA) is 71.2 Å². The largest absolute Gasteiger partial charge is 0.398 e. The van der Waals surface area contributed by atoms with Crippen molar-refractivity contribution in [1.29, 1.82) is 0 Å². The minimum absolute atomic E-state index is 0.0914. The fraction of sp³-hybridized carbons (Fsp3) is 0.444. The van der Waals surface area contributed by atoms with Gasteiger partial charge in [-0.25, -0.2) is 0 Å². The summed E-state index contributed by atoms with van der Waals surface area (Å²) in [5.74, 6) is 0.0914. The number of β-amino-alcohol motifs (C(OH)–C–C–N with tert-alkyl or cyclic N) is 1. The maximum absolute atomic E-state index is 9.62. The van der Waals surface area contributed by atoms with E-state index in [9.17, 15) is 5.11 Å². The van der Waals surface area contributed by atoms with E-state index in [0.717, 1.165) is 12.1 Å². The van der Waals surface area contributed by atoms with Crippen LogP contribution in [-0.4, -0.2) is 29.3 Å². The van der Waals surface area contributed by atoms with Gasteiger partial charge in [-0.05, 0) is 6.07 Å². The summed E-state index contributed by atoms with van der Waals surface area (Å²) in [5.41, 5.74) is 7.44. The lowest BCUT2D eigenvalue weighted by molar-refractivity contribution is 0.178. The Labute approximate surface area is 76.8 Å². The summed E-state index contributed by atoms with van der Waals surface area (Å²) in [6.45, 7) is 1.41. The number of anilines is 1. The Morgan fingerprint density at radius 2 is 2.38 bits per heavy atom. The highest BCUT2D eigenvalue weighted by molar-refractivity contribution is 5.47. The molecule has 1 fully saturated rings. The Kier molecular flexibility index (Phi) is 2.16. The van der Waals surface area contributed by atoms with Crippen LogP contribution in [-0.2, 0) is 0 Å². The van der Waals surface area contributed by atoms with Gasteiger partial charge in [0.2, 0.25) is 0 Å². The van der Waals surface area contributed by atoms with Crippen molar-refractivity contribution in [2.45, 2.75) is 12.0 Å². The smallest absolute Gasteiger partial charge is 0.0746 e. The van der Waals surface area contributed by atoms with Crippen molar-refractivity contribution >= 4 is 5.69 Å². The predicted octanol–water partition coefficient (Wildman–Crippen LogP) is -0.289. The number of aromatic nitrogens is 1. The predicted molar refractivity (Wildman–Crippen MR) is 50.3 cm³/mol. The number of rotatable bonds is 1. The van der Waals surface area contributed by atoms with E-state index >= 15 is 0 Å². The third kappa shape index (κ3) is 1.50. The van der Waals surface area contributed by atoms with Crippen molar-refractivity contribution in [1.82, 2.24) is 10.3 Å². The average molecular weight is 179 g/mol. The maximum Gasteiger partial charge on any atom is 0.0746 e. The second-order valence-corrected chi connectivity index (χ2v) is 3.34. The molecule has 2 rings (SSSR count). The van der Waals surface area contributed by atoms with E-state index in [1.807, 2.05) is 0 Å². The SMILES string of the molecule is Nc1ccncc1[C@@H]1CNC[C@H]1O. The molecule has 13 heavy (non-hydrogen) atoms. The summed E-state index contributed by atoms with van der Waals surface area (Å²) < 4.78 is 0. The first-order valence-electron chi connectivity index (χ1n) is 4.37. The van der Waals surface area contributed by atoms with E-state index in [0.29, 0.717) is 12.2 Å². The molecule has 4 heteroatoms. The Morgan fingerprint density at radius 1 is 1.54 bits per heavy atom.